The van der Waals surface area contributed by atoms with Crippen LogP contribution >= 0.6 is 0 Å². The maximum Gasteiger partial charge on any atom is 0.276 e. The molecule has 12 heteroatoms. The molecule has 0 radical (unpaired) electrons. The number of nitrogens with zero attached hydrogens (tertiary/aromatic N) is 7. The van der Waals surface area contributed by atoms with Crippen LogP contribution in [0.25, 0.3) is 5.69 Å². The molecule has 0 spiro atoms. The molecule has 2 aromatic heterocycles. The van der Waals surface area contributed by atoms with Crippen LogP contribution in [0.3, 0.4) is 0 Å². The third-order valence-corrected chi connectivity index (χ3v) is 6.16. The van der Waals surface area contributed by atoms with Crippen molar-refractivity contribution in [2.75, 3.05) is 7.05 Å². The molecule has 2 aliphatic rings. The largest absolute Gasteiger partial charge is 0.334 e. The van der Waals surface area contributed by atoms with E-state index in [2.05, 4.69) is 20.7 Å². The van der Waals surface area contributed by atoms with Gasteiger partial charge in [0.15, 0.2) is 5.69 Å². The fraction of sp³-hybridized carbons (Fsp3) is 0.318. The van der Waals surface area contributed by atoms with Gasteiger partial charge >= 0.3 is 0 Å². The van der Waals surface area contributed by atoms with E-state index in [0.717, 1.165) is 11.3 Å². The van der Waals surface area contributed by atoms with Gasteiger partial charge in [-0.3, -0.25) is 29.2 Å². The van der Waals surface area contributed by atoms with E-state index < -0.39 is 11.9 Å². The number of rotatable bonds is 5. The minimum absolute atomic E-state index is 0.168. The van der Waals surface area contributed by atoms with E-state index in [4.69, 9.17) is 0 Å². The summed E-state index contributed by atoms with van der Waals surface area (Å²) in [5.41, 5.74) is 2.85. The molecule has 2 aliphatic heterocycles. The van der Waals surface area contributed by atoms with Crippen LogP contribution in [0.1, 0.15) is 44.9 Å². The molecule has 4 amide bonds. The Morgan fingerprint density at radius 1 is 1.24 bits per heavy atom. The van der Waals surface area contributed by atoms with Crippen molar-refractivity contribution in [2.24, 2.45) is 7.05 Å². The fourth-order valence-corrected chi connectivity index (χ4v) is 4.24. The zero-order valence-electron chi connectivity index (χ0n) is 18.6. The first-order valence-electron chi connectivity index (χ1n) is 10.7. The molecule has 1 N–H and O–H groups in total. The minimum Gasteiger partial charge on any atom is -0.334 e. The maximum absolute atomic E-state index is 13.0. The van der Waals surface area contributed by atoms with Crippen molar-refractivity contribution in [3.05, 3.63) is 59.2 Å². The zero-order chi connectivity index (χ0) is 24.0. The second kappa shape index (κ2) is 8.21. The number of hydrogen-bond donors (Lipinski definition) is 1. The van der Waals surface area contributed by atoms with Crippen LogP contribution in [0.5, 0.6) is 0 Å². The Morgan fingerprint density at radius 2 is 2.06 bits per heavy atom. The molecule has 1 saturated heterocycles. The molecule has 0 bridgehead atoms. The number of fused-ring (bicyclic) bond motifs is 1. The standard InChI is InChI=1S/C22H22N8O4/c1-27(11-15-7-8-23-28(15)2)22(34)17-12-30(26-25-17)14-4-3-13-10-29(21(33)16(13)9-14)18-5-6-19(31)24-20(18)32/h3-4,7-9,12,18H,5-6,10-11H2,1-2H3,(H,24,31,32). The van der Waals surface area contributed by atoms with E-state index >= 15 is 0 Å². The van der Waals surface area contributed by atoms with E-state index in [0.29, 0.717) is 30.8 Å². The molecular weight excluding hydrogens is 440 g/mol. The molecule has 5 rings (SSSR count). The molecule has 1 aromatic carbocycles. The Labute approximate surface area is 194 Å². The summed E-state index contributed by atoms with van der Waals surface area (Å²) in [6.07, 6.45) is 3.69. The molecule has 34 heavy (non-hydrogen) atoms. The van der Waals surface area contributed by atoms with Gasteiger partial charge in [-0.15, -0.1) is 5.10 Å². The van der Waals surface area contributed by atoms with Crippen molar-refractivity contribution in [1.82, 2.24) is 39.9 Å². The Balaban J connectivity index is 1.32. The van der Waals surface area contributed by atoms with Crippen molar-refractivity contribution in [3.63, 3.8) is 0 Å². The van der Waals surface area contributed by atoms with E-state index in [-0.39, 0.29) is 29.8 Å². The van der Waals surface area contributed by atoms with Crippen molar-refractivity contribution in [1.29, 1.82) is 0 Å². The van der Waals surface area contributed by atoms with Gasteiger partial charge in [-0.2, -0.15) is 5.10 Å². The summed E-state index contributed by atoms with van der Waals surface area (Å²) in [7, 11) is 3.48. The summed E-state index contributed by atoms with van der Waals surface area (Å²) < 4.78 is 3.13. The Morgan fingerprint density at radius 3 is 2.79 bits per heavy atom. The van der Waals surface area contributed by atoms with Crippen LogP contribution in [0.2, 0.25) is 0 Å². The summed E-state index contributed by atoms with van der Waals surface area (Å²) in [5.74, 6) is -1.35. The molecule has 1 unspecified atom stereocenters. The van der Waals surface area contributed by atoms with Gasteiger partial charge in [-0.05, 0) is 30.2 Å². The third-order valence-electron chi connectivity index (χ3n) is 6.16. The van der Waals surface area contributed by atoms with Gasteiger partial charge in [0.2, 0.25) is 11.8 Å². The summed E-state index contributed by atoms with van der Waals surface area (Å²) >= 11 is 0. The summed E-state index contributed by atoms with van der Waals surface area (Å²) in [6, 6.07) is 6.41. The Kier molecular flexibility index (Phi) is 5.19. The predicted molar refractivity (Wildman–Crippen MR) is 116 cm³/mol. The predicted octanol–water partition coefficient (Wildman–Crippen LogP) is 0.0340. The van der Waals surface area contributed by atoms with Gasteiger partial charge in [0, 0.05) is 38.8 Å². The summed E-state index contributed by atoms with van der Waals surface area (Å²) in [6.45, 7) is 0.659. The van der Waals surface area contributed by atoms with E-state index in [1.807, 2.05) is 6.07 Å². The van der Waals surface area contributed by atoms with Gasteiger partial charge in [-0.25, -0.2) is 4.68 Å². The number of nitrogens with one attached hydrogen (secondary N) is 1. The van der Waals surface area contributed by atoms with Crippen LogP contribution in [0.4, 0.5) is 0 Å². The number of aryl methyl sites for hydroxylation is 1. The van der Waals surface area contributed by atoms with Crippen LogP contribution in [-0.2, 0) is 29.7 Å². The zero-order valence-corrected chi connectivity index (χ0v) is 18.6. The average Bonchev–Trinajstić information content (AvgIpc) is 3.53. The molecule has 12 nitrogen and oxygen atoms in total. The number of piperidine rings is 1. The van der Waals surface area contributed by atoms with Crippen LogP contribution in [-0.4, -0.2) is 71.3 Å². The highest BCUT2D eigenvalue weighted by Gasteiger charge is 2.39. The maximum atomic E-state index is 13.0. The Hall–Kier alpha value is -4.35. The van der Waals surface area contributed by atoms with Crippen LogP contribution in [0.15, 0.2) is 36.7 Å². The first-order valence-corrected chi connectivity index (χ1v) is 10.7. The SMILES string of the molecule is CN(Cc1ccnn1C)C(=O)c1cn(-c2ccc3c(c2)C(=O)N(C2CCC(=O)NC2=O)C3)nn1. The first-order chi connectivity index (χ1) is 16.3. The quantitative estimate of drug-likeness (QED) is 0.529. The number of benzene rings is 1. The van der Waals surface area contributed by atoms with Crippen molar-refractivity contribution >= 4 is 23.6 Å². The Bertz CT molecular complexity index is 1330. The number of amides is 4. The molecule has 1 atom stereocenters. The number of carbonyl (C=O) groups is 4. The lowest BCUT2D eigenvalue weighted by molar-refractivity contribution is -0.136. The van der Waals surface area contributed by atoms with Crippen molar-refractivity contribution in [3.8, 4) is 5.69 Å². The van der Waals surface area contributed by atoms with Crippen LogP contribution in [0, 0.1) is 0 Å². The first kappa shape index (κ1) is 21.5. The van der Waals surface area contributed by atoms with Gasteiger partial charge in [0.25, 0.3) is 11.8 Å². The lowest BCUT2D eigenvalue weighted by Crippen LogP contribution is -2.52. The highest BCUT2D eigenvalue weighted by molar-refractivity contribution is 6.05. The lowest BCUT2D eigenvalue weighted by atomic mass is 10.0. The average molecular weight is 462 g/mol. The summed E-state index contributed by atoms with van der Waals surface area (Å²) in [4.78, 5) is 52.5. The van der Waals surface area contributed by atoms with Gasteiger partial charge in [-0.1, -0.05) is 11.3 Å². The van der Waals surface area contributed by atoms with E-state index in [9.17, 15) is 19.2 Å². The van der Waals surface area contributed by atoms with E-state index in [1.54, 1.807) is 43.2 Å². The van der Waals surface area contributed by atoms with Crippen molar-refractivity contribution < 1.29 is 19.2 Å². The number of hydrogen-bond acceptors (Lipinski definition) is 7. The van der Waals surface area contributed by atoms with E-state index in [1.165, 1.54) is 20.7 Å². The normalized spacial score (nSPS) is 17.6. The molecule has 4 heterocycles. The lowest BCUT2D eigenvalue weighted by Gasteiger charge is -2.29. The van der Waals surface area contributed by atoms with Crippen LogP contribution < -0.4 is 5.32 Å². The number of carbonyl (C=O) groups excluding carboxylic acids is 4. The minimum atomic E-state index is -0.674. The number of imide groups is 1. The highest BCUT2D eigenvalue weighted by atomic mass is 16.2. The smallest absolute Gasteiger partial charge is 0.276 e. The second-order valence-corrected chi connectivity index (χ2v) is 8.40. The fourth-order valence-electron chi connectivity index (χ4n) is 4.24. The molecule has 0 saturated carbocycles. The monoisotopic (exact) mass is 462 g/mol. The molecule has 3 aromatic rings. The highest BCUT2D eigenvalue weighted by Crippen LogP contribution is 2.29. The summed E-state index contributed by atoms with van der Waals surface area (Å²) in [5, 5.41) is 14.5. The topological polar surface area (TPSA) is 135 Å². The number of aromatic nitrogens is 5. The molecule has 0 aliphatic carbocycles. The van der Waals surface area contributed by atoms with Gasteiger partial charge < -0.3 is 9.80 Å². The molecule has 1 fully saturated rings. The molecular formula is C22H22N8O4. The van der Waals surface area contributed by atoms with Crippen molar-refractivity contribution in [2.45, 2.75) is 32.0 Å². The van der Waals surface area contributed by atoms with Gasteiger partial charge in [0.05, 0.1) is 24.1 Å². The second-order valence-electron chi connectivity index (χ2n) is 8.40. The third kappa shape index (κ3) is 3.72. The van der Waals surface area contributed by atoms with Gasteiger partial charge in [0.1, 0.15) is 6.04 Å². The molecule has 174 valence electrons.